The lowest BCUT2D eigenvalue weighted by Gasteiger charge is -2.16. The highest BCUT2D eigenvalue weighted by Crippen LogP contribution is 2.20. The van der Waals surface area contributed by atoms with Crippen LogP contribution in [0.5, 0.6) is 0 Å². The smallest absolute Gasteiger partial charge is 0.326 e. The predicted molar refractivity (Wildman–Crippen MR) is 128 cm³/mol. The molecule has 0 fully saturated rings. The van der Waals surface area contributed by atoms with E-state index in [1.807, 2.05) is 42.5 Å². The summed E-state index contributed by atoms with van der Waals surface area (Å²) >= 11 is 0. The van der Waals surface area contributed by atoms with Crippen molar-refractivity contribution in [1.82, 2.24) is 5.32 Å². The van der Waals surface area contributed by atoms with Crippen molar-refractivity contribution in [3.05, 3.63) is 48.0 Å². The second-order valence-corrected chi connectivity index (χ2v) is 8.59. The normalized spacial score (nSPS) is 12.0. The molecule has 0 saturated heterocycles. The minimum absolute atomic E-state index is 0.163. The number of carboxylic acids is 1. The van der Waals surface area contributed by atoms with Gasteiger partial charge in [-0.15, -0.1) is 0 Å². The lowest BCUT2D eigenvalue weighted by Crippen LogP contribution is -2.42. The van der Waals surface area contributed by atoms with Crippen LogP contribution in [0.1, 0.15) is 89.5 Å². The molecule has 0 heterocycles. The topological polar surface area (TPSA) is 66.4 Å². The summed E-state index contributed by atoms with van der Waals surface area (Å²) in [6.07, 6.45) is 14.2. The van der Waals surface area contributed by atoms with Crippen LogP contribution in [0, 0.1) is 0 Å². The zero-order valence-corrected chi connectivity index (χ0v) is 19.1. The molecule has 0 aromatic heterocycles. The Bertz CT molecular complexity index is 797. The fraction of sp³-hybridized carbons (Fsp3) is 0.556. The second-order valence-electron chi connectivity index (χ2n) is 8.59. The Morgan fingerprint density at radius 3 is 2.03 bits per heavy atom. The lowest BCUT2D eigenvalue weighted by atomic mass is 9.98. The van der Waals surface area contributed by atoms with Gasteiger partial charge in [0.15, 0.2) is 0 Å². The van der Waals surface area contributed by atoms with Crippen LogP contribution < -0.4 is 5.32 Å². The van der Waals surface area contributed by atoms with E-state index in [-0.39, 0.29) is 5.91 Å². The maximum absolute atomic E-state index is 12.3. The SMILES string of the molecule is CCCCCCCCCCCCCC(=O)NC(Cc1cccc2ccccc12)C(=O)O. The maximum Gasteiger partial charge on any atom is 0.326 e. The first-order valence-electron chi connectivity index (χ1n) is 12.1. The van der Waals surface area contributed by atoms with Crippen molar-refractivity contribution in [3.8, 4) is 0 Å². The summed E-state index contributed by atoms with van der Waals surface area (Å²) in [6, 6.07) is 12.9. The number of carboxylic acid groups (broad SMARTS) is 1. The summed E-state index contributed by atoms with van der Waals surface area (Å²) in [7, 11) is 0. The number of nitrogens with one attached hydrogen (secondary N) is 1. The molecule has 0 radical (unpaired) electrons. The molecule has 0 aliphatic carbocycles. The summed E-state index contributed by atoms with van der Waals surface area (Å²) in [5, 5.41) is 14.4. The van der Waals surface area contributed by atoms with Gasteiger partial charge < -0.3 is 10.4 Å². The zero-order chi connectivity index (χ0) is 22.3. The van der Waals surface area contributed by atoms with Crippen molar-refractivity contribution < 1.29 is 14.7 Å². The largest absolute Gasteiger partial charge is 0.480 e. The lowest BCUT2D eigenvalue weighted by molar-refractivity contribution is -0.141. The minimum atomic E-state index is -0.986. The van der Waals surface area contributed by atoms with Crippen LogP contribution in [0.25, 0.3) is 10.8 Å². The summed E-state index contributed by atoms with van der Waals surface area (Å²) < 4.78 is 0. The predicted octanol–water partition coefficient (Wildman–Crippen LogP) is 6.65. The van der Waals surface area contributed by atoms with Gasteiger partial charge in [0.1, 0.15) is 6.04 Å². The molecule has 170 valence electrons. The van der Waals surface area contributed by atoms with Crippen LogP contribution in [-0.2, 0) is 16.0 Å². The van der Waals surface area contributed by atoms with E-state index < -0.39 is 12.0 Å². The number of carbonyl (C=O) groups excluding carboxylic acids is 1. The highest BCUT2D eigenvalue weighted by atomic mass is 16.4. The quantitative estimate of drug-likeness (QED) is 0.296. The van der Waals surface area contributed by atoms with Crippen LogP contribution in [0.2, 0.25) is 0 Å². The van der Waals surface area contributed by atoms with Crippen LogP contribution in [0.4, 0.5) is 0 Å². The van der Waals surface area contributed by atoms with Crippen LogP contribution >= 0.6 is 0 Å². The molecule has 2 aromatic rings. The van der Waals surface area contributed by atoms with E-state index in [1.54, 1.807) is 0 Å². The Balaban J connectivity index is 1.66. The molecule has 1 unspecified atom stereocenters. The van der Waals surface area contributed by atoms with Crippen molar-refractivity contribution in [2.45, 2.75) is 96.4 Å². The summed E-state index contributed by atoms with van der Waals surface area (Å²) in [5.74, 6) is -1.15. The first-order chi connectivity index (χ1) is 15.1. The van der Waals surface area contributed by atoms with Gasteiger partial charge in [-0.1, -0.05) is 114 Å². The molecule has 0 aliphatic rings. The minimum Gasteiger partial charge on any atom is -0.480 e. The Kier molecular flexibility index (Phi) is 11.7. The average molecular weight is 426 g/mol. The number of unbranched alkanes of at least 4 members (excludes halogenated alkanes) is 10. The summed E-state index contributed by atoms with van der Waals surface area (Å²) in [4.78, 5) is 24.0. The van der Waals surface area contributed by atoms with E-state index in [9.17, 15) is 14.7 Å². The molecule has 2 N–H and O–H groups in total. The average Bonchev–Trinajstić information content (AvgIpc) is 2.77. The summed E-state index contributed by atoms with van der Waals surface area (Å²) in [5.41, 5.74) is 0.945. The molecular weight excluding hydrogens is 386 g/mol. The van der Waals surface area contributed by atoms with Crippen molar-refractivity contribution in [1.29, 1.82) is 0 Å². The van der Waals surface area contributed by atoms with Gasteiger partial charge in [0.25, 0.3) is 0 Å². The molecule has 1 atom stereocenters. The summed E-state index contributed by atoms with van der Waals surface area (Å²) in [6.45, 7) is 2.24. The molecule has 4 heteroatoms. The molecule has 0 bridgehead atoms. The monoisotopic (exact) mass is 425 g/mol. The molecule has 2 rings (SSSR count). The van der Waals surface area contributed by atoms with Crippen molar-refractivity contribution in [3.63, 3.8) is 0 Å². The maximum atomic E-state index is 12.3. The van der Waals surface area contributed by atoms with Crippen molar-refractivity contribution >= 4 is 22.6 Å². The number of aliphatic carboxylic acids is 1. The molecule has 0 saturated carbocycles. The molecule has 31 heavy (non-hydrogen) atoms. The molecule has 4 nitrogen and oxygen atoms in total. The molecular formula is C27H39NO3. The molecule has 2 aromatic carbocycles. The van der Waals surface area contributed by atoms with Gasteiger partial charge >= 0.3 is 5.97 Å². The second kappa shape index (κ2) is 14.6. The van der Waals surface area contributed by atoms with Gasteiger partial charge in [0, 0.05) is 12.8 Å². The third-order valence-electron chi connectivity index (χ3n) is 5.94. The number of benzene rings is 2. The number of rotatable bonds is 16. The Hall–Kier alpha value is -2.36. The number of amides is 1. The standard InChI is InChI=1S/C27H39NO3/c1-2-3-4-5-6-7-8-9-10-11-12-20-26(29)28-25(27(30)31)21-23-18-15-17-22-16-13-14-19-24(22)23/h13-19,25H,2-12,20-21H2,1H3,(H,28,29)(H,30,31). The van der Waals surface area contributed by atoms with Gasteiger partial charge in [-0.05, 0) is 22.8 Å². The van der Waals surface area contributed by atoms with Crippen molar-refractivity contribution in [2.24, 2.45) is 0 Å². The first-order valence-corrected chi connectivity index (χ1v) is 12.1. The van der Waals surface area contributed by atoms with E-state index in [2.05, 4.69) is 12.2 Å². The van der Waals surface area contributed by atoms with Gasteiger partial charge in [-0.3, -0.25) is 4.79 Å². The van der Waals surface area contributed by atoms with E-state index in [1.165, 1.54) is 51.4 Å². The fourth-order valence-electron chi connectivity index (χ4n) is 4.11. The highest BCUT2D eigenvalue weighted by molar-refractivity contribution is 5.88. The number of hydrogen-bond donors (Lipinski definition) is 2. The zero-order valence-electron chi connectivity index (χ0n) is 19.1. The Labute approximate surface area is 187 Å². The number of hydrogen-bond acceptors (Lipinski definition) is 2. The molecule has 1 amide bonds. The van der Waals surface area contributed by atoms with Gasteiger partial charge in [-0.25, -0.2) is 4.79 Å². The van der Waals surface area contributed by atoms with Crippen LogP contribution in [0.15, 0.2) is 42.5 Å². The van der Waals surface area contributed by atoms with Gasteiger partial charge in [-0.2, -0.15) is 0 Å². The Morgan fingerprint density at radius 1 is 0.806 bits per heavy atom. The molecule has 0 spiro atoms. The van der Waals surface area contributed by atoms with E-state index in [0.717, 1.165) is 35.6 Å². The van der Waals surface area contributed by atoms with Crippen LogP contribution in [0.3, 0.4) is 0 Å². The fourth-order valence-corrected chi connectivity index (χ4v) is 4.11. The number of carbonyl (C=O) groups is 2. The van der Waals surface area contributed by atoms with E-state index in [4.69, 9.17) is 0 Å². The molecule has 0 aliphatic heterocycles. The van der Waals surface area contributed by atoms with Crippen LogP contribution in [-0.4, -0.2) is 23.0 Å². The van der Waals surface area contributed by atoms with Gasteiger partial charge in [0.2, 0.25) is 5.91 Å². The van der Waals surface area contributed by atoms with E-state index in [0.29, 0.717) is 12.8 Å². The third-order valence-corrected chi connectivity index (χ3v) is 5.94. The number of fused-ring (bicyclic) bond motifs is 1. The first kappa shape index (κ1) is 24.9. The highest BCUT2D eigenvalue weighted by Gasteiger charge is 2.21. The van der Waals surface area contributed by atoms with E-state index >= 15 is 0 Å². The third kappa shape index (κ3) is 9.54. The van der Waals surface area contributed by atoms with Gasteiger partial charge in [0.05, 0.1) is 0 Å². The van der Waals surface area contributed by atoms with Crippen molar-refractivity contribution in [2.75, 3.05) is 0 Å². The Morgan fingerprint density at radius 2 is 1.39 bits per heavy atom.